The highest BCUT2D eigenvalue weighted by atomic mass is 16.5. The molecule has 0 spiro atoms. The number of aryl methyl sites for hydroxylation is 1. The number of hydrogen-bond donors (Lipinski definition) is 1. The standard InChI is InChI=1S/C14H21NO/c15-14(8-4-11-16-12-10-14)9-7-13-5-2-1-3-6-13/h1-3,5-6H,4,7-12,15H2. The van der Waals surface area contributed by atoms with Gasteiger partial charge in [-0.1, -0.05) is 30.3 Å². The molecule has 1 fully saturated rings. The smallest absolute Gasteiger partial charge is 0.0483 e. The molecule has 2 rings (SSSR count). The number of hydrogen-bond acceptors (Lipinski definition) is 2. The predicted molar refractivity (Wildman–Crippen MR) is 66.4 cm³/mol. The van der Waals surface area contributed by atoms with Crippen LogP contribution < -0.4 is 5.73 Å². The summed E-state index contributed by atoms with van der Waals surface area (Å²) in [6.07, 6.45) is 5.35. The first-order chi connectivity index (χ1) is 7.79. The third-order valence-electron chi connectivity index (χ3n) is 3.46. The first-order valence-electron chi connectivity index (χ1n) is 6.19. The van der Waals surface area contributed by atoms with E-state index in [2.05, 4.69) is 30.3 Å². The molecule has 0 bridgehead atoms. The second-order valence-corrected chi connectivity index (χ2v) is 4.81. The Bertz CT molecular complexity index is 302. The van der Waals surface area contributed by atoms with E-state index < -0.39 is 0 Å². The molecule has 88 valence electrons. The van der Waals surface area contributed by atoms with Crippen LogP contribution in [0, 0.1) is 0 Å². The molecule has 1 aliphatic rings. The Morgan fingerprint density at radius 2 is 1.94 bits per heavy atom. The molecule has 0 aromatic heterocycles. The molecular weight excluding hydrogens is 198 g/mol. The summed E-state index contributed by atoms with van der Waals surface area (Å²) in [5.74, 6) is 0. The summed E-state index contributed by atoms with van der Waals surface area (Å²) < 4.78 is 5.46. The van der Waals surface area contributed by atoms with Gasteiger partial charge in [-0.2, -0.15) is 0 Å². The van der Waals surface area contributed by atoms with E-state index in [9.17, 15) is 0 Å². The lowest BCUT2D eigenvalue weighted by Crippen LogP contribution is -2.40. The van der Waals surface area contributed by atoms with Crippen LogP contribution in [0.25, 0.3) is 0 Å². The zero-order valence-electron chi connectivity index (χ0n) is 9.82. The molecule has 1 aromatic rings. The van der Waals surface area contributed by atoms with E-state index in [0.717, 1.165) is 45.3 Å². The fourth-order valence-electron chi connectivity index (χ4n) is 2.32. The van der Waals surface area contributed by atoms with Gasteiger partial charge in [-0.15, -0.1) is 0 Å². The van der Waals surface area contributed by atoms with E-state index in [-0.39, 0.29) is 5.54 Å². The van der Waals surface area contributed by atoms with Crippen molar-refractivity contribution >= 4 is 0 Å². The fraction of sp³-hybridized carbons (Fsp3) is 0.571. The Morgan fingerprint density at radius 1 is 1.12 bits per heavy atom. The van der Waals surface area contributed by atoms with Crippen LogP contribution in [0.15, 0.2) is 30.3 Å². The van der Waals surface area contributed by atoms with Crippen LogP contribution in [0.4, 0.5) is 0 Å². The molecule has 1 aromatic carbocycles. The van der Waals surface area contributed by atoms with Crippen LogP contribution in [0.3, 0.4) is 0 Å². The van der Waals surface area contributed by atoms with E-state index in [4.69, 9.17) is 10.5 Å². The molecule has 1 aliphatic heterocycles. The lowest BCUT2D eigenvalue weighted by Gasteiger charge is -2.27. The van der Waals surface area contributed by atoms with Gasteiger partial charge in [0, 0.05) is 18.8 Å². The lowest BCUT2D eigenvalue weighted by atomic mass is 9.86. The summed E-state index contributed by atoms with van der Waals surface area (Å²) >= 11 is 0. The van der Waals surface area contributed by atoms with Gasteiger partial charge in [0.2, 0.25) is 0 Å². The maximum atomic E-state index is 6.43. The minimum atomic E-state index is -0.00760. The van der Waals surface area contributed by atoms with Crippen LogP contribution in [-0.4, -0.2) is 18.8 Å². The second-order valence-electron chi connectivity index (χ2n) is 4.81. The van der Waals surface area contributed by atoms with Crippen molar-refractivity contribution in [3.05, 3.63) is 35.9 Å². The van der Waals surface area contributed by atoms with Gasteiger partial charge in [0.1, 0.15) is 0 Å². The highest BCUT2D eigenvalue weighted by molar-refractivity contribution is 5.15. The first-order valence-corrected chi connectivity index (χ1v) is 6.19. The van der Waals surface area contributed by atoms with Gasteiger partial charge in [0.25, 0.3) is 0 Å². The predicted octanol–water partition coefficient (Wildman–Crippen LogP) is 2.52. The van der Waals surface area contributed by atoms with E-state index in [1.165, 1.54) is 5.56 Å². The summed E-state index contributed by atoms with van der Waals surface area (Å²) in [6, 6.07) is 10.6. The molecule has 0 aliphatic carbocycles. The molecule has 0 saturated carbocycles. The highest BCUT2D eigenvalue weighted by Gasteiger charge is 2.25. The van der Waals surface area contributed by atoms with E-state index >= 15 is 0 Å². The Hall–Kier alpha value is -0.860. The third kappa shape index (κ3) is 3.32. The van der Waals surface area contributed by atoms with Crippen molar-refractivity contribution in [2.75, 3.05) is 13.2 Å². The minimum Gasteiger partial charge on any atom is -0.381 e. The van der Waals surface area contributed by atoms with Gasteiger partial charge < -0.3 is 10.5 Å². The van der Waals surface area contributed by atoms with Gasteiger partial charge in [-0.3, -0.25) is 0 Å². The summed E-state index contributed by atoms with van der Waals surface area (Å²) in [6.45, 7) is 1.70. The fourth-order valence-corrected chi connectivity index (χ4v) is 2.32. The van der Waals surface area contributed by atoms with Crippen molar-refractivity contribution in [3.63, 3.8) is 0 Å². The van der Waals surface area contributed by atoms with Crippen molar-refractivity contribution in [3.8, 4) is 0 Å². The molecule has 1 saturated heterocycles. The zero-order chi connectivity index (χ0) is 11.3. The monoisotopic (exact) mass is 219 g/mol. The maximum Gasteiger partial charge on any atom is 0.0483 e. The SMILES string of the molecule is NC1(CCc2ccccc2)CCCOCC1. The Balaban J connectivity index is 1.88. The molecule has 1 unspecified atom stereocenters. The summed E-state index contributed by atoms with van der Waals surface area (Å²) in [5, 5.41) is 0. The number of nitrogens with two attached hydrogens (primary N) is 1. The largest absolute Gasteiger partial charge is 0.381 e. The highest BCUT2D eigenvalue weighted by Crippen LogP contribution is 2.23. The van der Waals surface area contributed by atoms with Gasteiger partial charge in [-0.25, -0.2) is 0 Å². The van der Waals surface area contributed by atoms with Crippen molar-refractivity contribution in [2.24, 2.45) is 5.73 Å². The van der Waals surface area contributed by atoms with Gasteiger partial charge in [0.05, 0.1) is 0 Å². The molecule has 0 amide bonds. The average Bonchev–Trinajstić information content (AvgIpc) is 2.54. The van der Waals surface area contributed by atoms with Crippen LogP contribution in [0.5, 0.6) is 0 Å². The zero-order valence-corrected chi connectivity index (χ0v) is 9.82. The van der Waals surface area contributed by atoms with Crippen molar-refractivity contribution in [1.82, 2.24) is 0 Å². The van der Waals surface area contributed by atoms with E-state index in [1.807, 2.05) is 0 Å². The summed E-state index contributed by atoms with van der Waals surface area (Å²) in [7, 11) is 0. The van der Waals surface area contributed by atoms with E-state index in [0.29, 0.717) is 0 Å². The van der Waals surface area contributed by atoms with Crippen LogP contribution in [-0.2, 0) is 11.2 Å². The Kier molecular flexibility index (Phi) is 3.97. The number of ether oxygens (including phenoxy) is 1. The maximum absolute atomic E-state index is 6.43. The molecule has 2 nitrogen and oxygen atoms in total. The molecule has 2 heteroatoms. The van der Waals surface area contributed by atoms with E-state index in [1.54, 1.807) is 0 Å². The molecule has 1 heterocycles. The van der Waals surface area contributed by atoms with Gasteiger partial charge in [0.15, 0.2) is 0 Å². The summed E-state index contributed by atoms with van der Waals surface area (Å²) in [5.41, 5.74) is 7.81. The quantitative estimate of drug-likeness (QED) is 0.847. The van der Waals surface area contributed by atoms with Crippen LogP contribution in [0.2, 0.25) is 0 Å². The molecule has 2 N–H and O–H groups in total. The average molecular weight is 219 g/mol. The molecule has 16 heavy (non-hydrogen) atoms. The number of rotatable bonds is 3. The van der Waals surface area contributed by atoms with Crippen molar-refractivity contribution < 1.29 is 4.74 Å². The second kappa shape index (κ2) is 5.46. The van der Waals surface area contributed by atoms with Gasteiger partial charge >= 0.3 is 0 Å². The lowest BCUT2D eigenvalue weighted by molar-refractivity contribution is 0.139. The third-order valence-corrected chi connectivity index (χ3v) is 3.46. The molecule has 1 atom stereocenters. The van der Waals surface area contributed by atoms with Crippen LogP contribution in [0.1, 0.15) is 31.2 Å². The normalized spacial score (nSPS) is 26.3. The first kappa shape index (κ1) is 11.6. The number of benzene rings is 1. The Labute approximate surface area is 97.8 Å². The summed E-state index contributed by atoms with van der Waals surface area (Å²) in [4.78, 5) is 0. The molecular formula is C14H21NO. The van der Waals surface area contributed by atoms with Crippen molar-refractivity contribution in [2.45, 2.75) is 37.6 Å². The van der Waals surface area contributed by atoms with Crippen LogP contribution >= 0.6 is 0 Å². The van der Waals surface area contributed by atoms with Gasteiger partial charge in [-0.05, 0) is 37.7 Å². The molecule has 0 radical (unpaired) electrons. The minimum absolute atomic E-state index is 0.00760. The Morgan fingerprint density at radius 3 is 2.75 bits per heavy atom. The van der Waals surface area contributed by atoms with Crippen molar-refractivity contribution in [1.29, 1.82) is 0 Å². The topological polar surface area (TPSA) is 35.2 Å².